The molecular formula is C11H8F3N3O2S. The van der Waals surface area contributed by atoms with E-state index in [1.54, 1.807) is 0 Å². The second-order valence-corrected chi connectivity index (χ2v) is 4.62. The molecule has 9 heteroatoms. The van der Waals surface area contributed by atoms with Crippen molar-refractivity contribution < 1.29 is 23.1 Å². The number of phenolic OH excluding ortho intramolecular Hbond substituents is 1. The number of halogens is 3. The molecular weight excluding hydrogens is 295 g/mol. The molecule has 5 nitrogen and oxygen atoms in total. The second-order valence-electron chi connectivity index (χ2n) is 3.81. The van der Waals surface area contributed by atoms with Crippen LogP contribution in [0, 0.1) is 0 Å². The zero-order chi connectivity index (χ0) is 14.9. The topological polar surface area (TPSA) is 66.3 Å². The molecule has 1 amide bonds. The third kappa shape index (κ3) is 2.72. The van der Waals surface area contributed by atoms with Crippen molar-refractivity contribution in [3.05, 3.63) is 34.8 Å². The summed E-state index contributed by atoms with van der Waals surface area (Å²) < 4.78 is 38.6. The van der Waals surface area contributed by atoms with Crippen LogP contribution in [-0.2, 0) is 6.18 Å². The standard InChI is InChI=1S/C11H8F3N3O2S/c1-17(10-16-15-5-20-10)9(19)7-4-6(18)2-3-8(7)11(12,13)14/h2-5,18H,1H3. The number of hydrogen-bond acceptors (Lipinski definition) is 5. The summed E-state index contributed by atoms with van der Waals surface area (Å²) in [6.45, 7) is 0. The van der Waals surface area contributed by atoms with E-state index >= 15 is 0 Å². The van der Waals surface area contributed by atoms with E-state index in [0.29, 0.717) is 6.07 Å². The van der Waals surface area contributed by atoms with Gasteiger partial charge < -0.3 is 5.11 Å². The SMILES string of the molecule is CN(C(=O)c1cc(O)ccc1C(F)(F)F)c1nncs1. The number of aromatic hydroxyl groups is 1. The number of carbonyl (C=O) groups is 1. The van der Waals surface area contributed by atoms with Gasteiger partial charge in [0.05, 0.1) is 11.1 Å². The number of phenols is 1. The first-order valence-corrected chi connectivity index (χ1v) is 6.13. The fraction of sp³-hybridized carbons (Fsp3) is 0.182. The highest BCUT2D eigenvalue weighted by atomic mass is 32.1. The zero-order valence-corrected chi connectivity index (χ0v) is 10.9. The minimum Gasteiger partial charge on any atom is -0.508 e. The zero-order valence-electron chi connectivity index (χ0n) is 10.0. The molecule has 0 bridgehead atoms. The van der Waals surface area contributed by atoms with Crippen molar-refractivity contribution in [2.24, 2.45) is 0 Å². The summed E-state index contributed by atoms with van der Waals surface area (Å²) in [4.78, 5) is 13.1. The minimum atomic E-state index is -4.69. The van der Waals surface area contributed by atoms with Gasteiger partial charge in [-0.2, -0.15) is 13.2 Å². The quantitative estimate of drug-likeness (QED) is 0.926. The van der Waals surface area contributed by atoms with Gasteiger partial charge in [0.1, 0.15) is 11.3 Å². The average Bonchev–Trinajstić information content (AvgIpc) is 2.89. The van der Waals surface area contributed by atoms with Crippen molar-refractivity contribution in [2.75, 3.05) is 11.9 Å². The molecule has 0 aliphatic carbocycles. The van der Waals surface area contributed by atoms with Crippen molar-refractivity contribution in [3.8, 4) is 5.75 Å². The van der Waals surface area contributed by atoms with E-state index < -0.39 is 29.0 Å². The summed E-state index contributed by atoms with van der Waals surface area (Å²) in [6.07, 6.45) is -4.69. The number of rotatable bonds is 2. The van der Waals surface area contributed by atoms with E-state index in [0.717, 1.165) is 28.4 Å². The predicted octanol–water partition coefficient (Wildman–Crippen LogP) is 2.54. The Morgan fingerprint density at radius 2 is 2.10 bits per heavy atom. The van der Waals surface area contributed by atoms with Gasteiger partial charge in [0.15, 0.2) is 0 Å². The van der Waals surface area contributed by atoms with Crippen LogP contribution < -0.4 is 4.90 Å². The predicted molar refractivity (Wildman–Crippen MR) is 65.8 cm³/mol. The van der Waals surface area contributed by atoms with E-state index in [9.17, 15) is 23.1 Å². The van der Waals surface area contributed by atoms with Crippen molar-refractivity contribution in [1.82, 2.24) is 10.2 Å². The van der Waals surface area contributed by atoms with Crippen molar-refractivity contribution in [1.29, 1.82) is 0 Å². The monoisotopic (exact) mass is 303 g/mol. The molecule has 2 aromatic rings. The third-order valence-electron chi connectivity index (χ3n) is 2.48. The summed E-state index contributed by atoms with van der Waals surface area (Å²) in [7, 11) is 1.28. The summed E-state index contributed by atoms with van der Waals surface area (Å²) in [5.41, 5.74) is -0.404. The molecule has 1 aromatic carbocycles. The van der Waals surface area contributed by atoms with Crippen molar-refractivity contribution in [3.63, 3.8) is 0 Å². The molecule has 0 atom stereocenters. The first kappa shape index (κ1) is 14.3. The van der Waals surface area contributed by atoms with Crippen LogP contribution in [0.2, 0.25) is 0 Å². The van der Waals surface area contributed by atoms with Gasteiger partial charge >= 0.3 is 6.18 Å². The number of benzene rings is 1. The van der Waals surface area contributed by atoms with Crippen molar-refractivity contribution in [2.45, 2.75) is 6.18 Å². The van der Waals surface area contributed by atoms with E-state index in [1.165, 1.54) is 12.6 Å². The molecule has 1 N–H and O–H groups in total. The second kappa shape index (κ2) is 5.08. The van der Waals surface area contributed by atoms with Gasteiger partial charge in [-0.3, -0.25) is 9.69 Å². The molecule has 1 heterocycles. The maximum absolute atomic E-state index is 12.9. The fourth-order valence-corrected chi connectivity index (χ4v) is 2.06. The lowest BCUT2D eigenvalue weighted by molar-refractivity contribution is -0.137. The molecule has 0 radical (unpaired) electrons. The minimum absolute atomic E-state index is 0.159. The number of amides is 1. The Bertz CT molecular complexity index is 628. The molecule has 0 aliphatic rings. The van der Waals surface area contributed by atoms with Gasteiger partial charge in [0, 0.05) is 7.05 Å². The third-order valence-corrected chi connectivity index (χ3v) is 3.25. The Balaban J connectivity index is 2.46. The van der Waals surface area contributed by atoms with Crippen LogP contribution in [0.4, 0.5) is 18.3 Å². The maximum atomic E-state index is 12.9. The lowest BCUT2D eigenvalue weighted by Gasteiger charge is -2.17. The van der Waals surface area contributed by atoms with Gasteiger partial charge in [-0.1, -0.05) is 11.3 Å². The number of nitrogens with zero attached hydrogens (tertiary/aromatic N) is 3. The maximum Gasteiger partial charge on any atom is 0.417 e. The molecule has 106 valence electrons. The Morgan fingerprint density at radius 3 is 2.65 bits per heavy atom. The number of anilines is 1. The van der Waals surface area contributed by atoms with Gasteiger partial charge in [-0.15, -0.1) is 10.2 Å². The highest BCUT2D eigenvalue weighted by Gasteiger charge is 2.36. The van der Waals surface area contributed by atoms with E-state index in [4.69, 9.17) is 0 Å². The first-order valence-electron chi connectivity index (χ1n) is 5.25. The summed E-state index contributed by atoms with van der Waals surface area (Å²) in [5, 5.41) is 16.6. The summed E-state index contributed by atoms with van der Waals surface area (Å²) in [5.74, 6) is -1.35. The van der Waals surface area contributed by atoms with Crippen LogP contribution in [0.1, 0.15) is 15.9 Å². The highest BCUT2D eigenvalue weighted by molar-refractivity contribution is 7.13. The van der Waals surface area contributed by atoms with Crippen LogP contribution in [0.5, 0.6) is 5.75 Å². The highest BCUT2D eigenvalue weighted by Crippen LogP contribution is 2.34. The van der Waals surface area contributed by atoms with Crippen LogP contribution in [0.3, 0.4) is 0 Å². The molecule has 0 aliphatic heterocycles. The Hall–Kier alpha value is -2.16. The fourth-order valence-electron chi connectivity index (χ4n) is 1.54. The lowest BCUT2D eigenvalue weighted by Crippen LogP contribution is -2.28. The van der Waals surface area contributed by atoms with Crippen molar-refractivity contribution >= 4 is 22.4 Å². The Kier molecular flexibility index (Phi) is 3.62. The van der Waals surface area contributed by atoms with E-state index in [1.807, 2.05) is 0 Å². The first-order chi connectivity index (χ1) is 9.30. The molecule has 0 saturated carbocycles. The molecule has 0 saturated heterocycles. The molecule has 2 rings (SSSR count). The van der Waals surface area contributed by atoms with Gasteiger partial charge in [0.25, 0.3) is 5.91 Å². The van der Waals surface area contributed by atoms with E-state index in [-0.39, 0.29) is 5.13 Å². The summed E-state index contributed by atoms with van der Waals surface area (Å²) in [6, 6.07) is 2.32. The average molecular weight is 303 g/mol. The van der Waals surface area contributed by atoms with Gasteiger partial charge in [-0.05, 0) is 18.2 Å². The van der Waals surface area contributed by atoms with Crippen LogP contribution in [-0.4, -0.2) is 28.3 Å². The summed E-state index contributed by atoms with van der Waals surface area (Å²) >= 11 is 1.01. The Morgan fingerprint density at radius 1 is 1.40 bits per heavy atom. The molecule has 1 aromatic heterocycles. The molecule has 20 heavy (non-hydrogen) atoms. The largest absolute Gasteiger partial charge is 0.508 e. The molecule has 0 unspecified atom stereocenters. The van der Waals surface area contributed by atoms with Gasteiger partial charge in [0.2, 0.25) is 5.13 Å². The van der Waals surface area contributed by atoms with Gasteiger partial charge in [-0.25, -0.2) is 0 Å². The normalized spacial score (nSPS) is 11.4. The van der Waals surface area contributed by atoms with Crippen LogP contribution in [0.25, 0.3) is 0 Å². The van der Waals surface area contributed by atoms with Crippen LogP contribution in [0.15, 0.2) is 23.7 Å². The smallest absolute Gasteiger partial charge is 0.417 e. The molecule has 0 spiro atoms. The number of alkyl halides is 3. The number of aromatic nitrogens is 2. The lowest BCUT2D eigenvalue weighted by atomic mass is 10.1. The number of hydrogen-bond donors (Lipinski definition) is 1. The molecule has 0 fully saturated rings. The van der Waals surface area contributed by atoms with Crippen LogP contribution >= 0.6 is 11.3 Å². The van der Waals surface area contributed by atoms with E-state index in [2.05, 4.69) is 10.2 Å². The Labute approximate surface area is 115 Å². The number of carbonyl (C=O) groups excluding carboxylic acids is 1.